The average Bonchev–Trinajstić information content (AvgIpc) is 2.35. The summed E-state index contributed by atoms with van der Waals surface area (Å²) < 4.78 is 5.72. The maximum atomic E-state index is 6.19. The largest absolute Gasteiger partial charge is 0.475 e. The molecule has 0 amide bonds. The van der Waals surface area contributed by atoms with Crippen molar-refractivity contribution in [2.75, 3.05) is 27.2 Å². The fraction of sp³-hybridized carbons (Fsp3) is 0.643. The molecule has 0 aliphatic rings. The van der Waals surface area contributed by atoms with E-state index >= 15 is 0 Å². The molecular weight excluding hydrogens is 262 g/mol. The van der Waals surface area contributed by atoms with Crippen molar-refractivity contribution in [3.05, 3.63) is 22.8 Å². The van der Waals surface area contributed by atoms with Crippen LogP contribution in [-0.4, -0.2) is 42.7 Å². The summed E-state index contributed by atoms with van der Waals surface area (Å²) in [6.07, 6.45) is 1.80. The zero-order valence-electron chi connectivity index (χ0n) is 12.5. The predicted octanol–water partition coefficient (Wildman–Crippen LogP) is 2.56. The molecule has 0 aliphatic heterocycles. The summed E-state index contributed by atoms with van der Waals surface area (Å²) in [6.45, 7) is 8.52. The topological polar surface area (TPSA) is 37.4 Å². The third-order valence-electron chi connectivity index (χ3n) is 3.22. The number of pyridine rings is 1. The SMILES string of the molecule is CCNCc1cnc(OCC(C)(C)N(C)C)c(Cl)c1. The van der Waals surface area contributed by atoms with Gasteiger partial charge in [0, 0.05) is 18.3 Å². The number of likely N-dealkylation sites (N-methyl/N-ethyl adjacent to an activating group) is 1. The van der Waals surface area contributed by atoms with Gasteiger partial charge in [0.15, 0.2) is 0 Å². The minimum atomic E-state index is -0.0621. The van der Waals surface area contributed by atoms with Crippen LogP contribution in [0, 0.1) is 0 Å². The van der Waals surface area contributed by atoms with Gasteiger partial charge < -0.3 is 15.0 Å². The minimum Gasteiger partial charge on any atom is -0.475 e. The molecule has 0 saturated carbocycles. The van der Waals surface area contributed by atoms with E-state index in [1.165, 1.54) is 0 Å². The van der Waals surface area contributed by atoms with E-state index in [4.69, 9.17) is 16.3 Å². The van der Waals surface area contributed by atoms with Crippen LogP contribution >= 0.6 is 11.6 Å². The second-order valence-corrected chi connectivity index (χ2v) is 5.81. The summed E-state index contributed by atoms with van der Waals surface area (Å²) in [5.41, 5.74) is 0.999. The Bertz CT molecular complexity index is 408. The minimum absolute atomic E-state index is 0.0621. The molecule has 1 aromatic rings. The Morgan fingerprint density at radius 2 is 2.11 bits per heavy atom. The number of nitrogens with one attached hydrogen (secondary N) is 1. The van der Waals surface area contributed by atoms with E-state index in [1.54, 1.807) is 6.20 Å². The molecule has 0 spiro atoms. The summed E-state index contributed by atoms with van der Waals surface area (Å²) in [5, 5.41) is 3.80. The van der Waals surface area contributed by atoms with E-state index in [0.717, 1.165) is 18.7 Å². The highest BCUT2D eigenvalue weighted by Crippen LogP contribution is 2.24. The van der Waals surface area contributed by atoms with Gasteiger partial charge in [0.2, 0.25) is 5.88 Å². The Labute approximate surface area is 121 Å². The molecule has 108 valence electrons. The van der Waals surface area contributed by atoms with Gasteiger partial charge in [0.05, 0.1) is 0 Å². The fourth-order valence-electron chi connectivity index (χ4n) is 1.31. The van der Waals surface area contributed by atoms with Gasteiger partial charge in [-0.3, -0.25) is 0 Å². The number of halogens is 1. The molecule has 4 nitrogen and oxygen atoms in total. The Kier molecular flexibility index (Phi) is 6.04. The summed E-state index contributed by atoms with van der Waals surface area (Å²) in [6, 6.07) is 1.90. The number of rotatable bonds is 7. The molecule has 19 heavy (non-hydrogen) atoms. The van der Waals surface area contributed by atoms with Crippen molar-refractivity contribution in [2.24, 2.45) is 0 Å². The Morgan fingerprint density at radius 1 is 1.42 bits per heavy atom. The molecule has 0 atom stereocenters. The summed E-state index contributed by atoms with van der Waals surface area (Å²) in [4.78, 5) is 6.39. The van der Waals surface area contributed by atoms with Crippen LogP contribution in [0.1, 0.15) is 26.3 Å². The van der Waals surface area contributed by atoms with Gasteiger partial charge in [-0.1, -0.05) is 18.5 Å². The standard InChI is InChI=1S/C14H24ClN3O/c1-6-16-8-11-7-12(15)13(17-9-11)19-10-14(2,3)18(4)5/h7,9,16H,6,8,10H2,1-5H3. The van der Waals surface area contributed by atoms with Gasteiger partial charge >= 0.3 is 0 Å². The first-order valence-electron chi connectivity index (χ1n) is 6.52. The van der Waals surface area contributed by atoms with Gasteiger partial charge in [-0.2, -0.15) is 0 Å². The second-order valence-electron chi connectivity index (χ2n) is 5.41. The number of hydrogen-bond acceptors (Lipinski definition) is 4. The predicted molar refractivity (Wildman–Crippen MR) is 79.9 cm³/mol. The van der Waals surface area contributed by atoms with Crippen molar-refractivity contribution in [1.82, 2.24) is 15.2 Å². The molecule has 0 aliphatic carbocycles. The number of aromatic nitrogens is 1. The van der Waals surface area contributed by atoms with Gasteiger partial charge in [0.1, 0.15) is 11.6 Å². The van der Waals surface area contributed by atoms with Crippen molar-refractivity contribution in [3.8, 4) is 5.88 Å². The van der Waals surface area contributed by atoms with Crippen molar-refractivity contribution in [3.63, 3.8) is 0 Å². The van der Waals surface area contributed by atoms with Gasteiger partial charge in [-0.05, 0) is 46.1 Å². The highest BCUT2D eigenvalue weighted by atomic mass is 35.5. The molecule has 1 aromatic heterocycles. The lowest BCUT2D eigenvalue weighted by atomic mass is 10.1. The fourth-order valence-corrected chi connectivity index (χ4v) is 1.55. The monoisotopic (exact) mass is 285 g/mol. The first kappa shape index (κ1) is 16.2. The van der Waals surface area contributed by atoms with Crippen LogP contribution in [0.5, 0.6) is 5.88 Å². The molecule has 0 aromatic carbocycles. The van der Waals surface area contributed by atoms with E-state index in [-0.39, 0.29) is 5.54 Å². The first-order chi connectivity index (χ1) is 8.86. The van der Waals surface area contributed by atoms with E-state index in [1.807, 2.05) is 20.2 Å². The highest BCUT2D eigenvalue weighted by molar-refractivity contribution is 6.31. The number of nitrogens with zero attached hydrogens (tertiary/aromatic N) is 2. The maximum absolute atomic E-state index is 6.19. The van der Waals surface area contributed by atoms with Gasteiger partial charge in [0.25, 0.3) is 0 Å². The van der Waals surface area contributed by atoms with Crippen LogP contribution in [0.15, 0.2) is 12.3 Å². The molecule has 0 unspecified atom stereocenters. The Hall–Kier alpha value is -0.840. The van der Waals surface area contributed by atoms with Crippen LogP contribution in [-0.2, 0) is 6.54 Å². The van der Waals surface area contributed by atoms with Gasteiger partial charge in [-0.25, -0.2) is 4.98 Å². The smallest absolute Gasteiger partial charge is 0.232 e. The molecule has 1 heterocycles. The van der Waals surface area contributed by atoms with Crippen LogP contribution in [0.3, 0.4) is 0 Å². The van der Waals surface area contributed by atoms with Crippen molar-refractivity contribution >= 4 is 11.6 Å². The lowest BCUT2D eigenvalue weighted by molar-refractivity contribution is 0.111. The Balaban J connectivity index is 2.65. The first-order valence-corrected chi connectivity index (χ1v) is 6.90. The lowest BCUT2D eigenvalue weighted by Crippen LogP contribution is -2.43. The molecular formula is C14H24ClN3O. The van der Waals surface area contributed by atoms with Crippen molar-refractivity contribution in [1.29, 1.82) is 0 Å². The number of ether oxygens (including phenoxy) is 1. The average molecular weight is 286 g/mol. The molecule has 0 fully saturated rings. The zero-order chi connectivity index (χ0) is 14.5. The highest BCUT2D eigenvalue weighted by Gasteiger charge is 2.22. The quantitative estimate of drug-likeness (QED) is 0.835. The van der Waals surface area contributed by atoms with E-state index in [9.17, 15) is 0 Å². The lowest BCUT2D eigenvalue weighted by Gasteiger charge is -2.32. The second kappa shape index (κ2) is 7.08. The van der Waals surface area contributed by atoms with Crippen molar-refractivity contribution in [2.45, 2.75) is 32.9 Å². The summed E-state index contributed by atoms with van der Waals surface area (Å²) in [5.74, 6) is 0.497. The molecule has 0 saturated heterocycles. The molecule has 1 N–H and O–H groups in total. The van der Waals surface area contributed by atoms with Crippen LogP contribution in [0.25, 0.3) is 0 Å². The van der Waals surface area contributed by atoms with E-state index < -0.39 is 0 Å². The van der Waals surface area contributed by atoms with Gasteiger partial charge in [-0.15, -0.1) is 0 Å². The molecule has 1 rings (SSSR count). The van der Waals surface area contributed by atoms with Crippen LogP contribution in [0.2, 0.25) is 5.02 Å². The van der Waals surface area contributed by atoms with E-state index in [0.29, 0.717) is 17.5 Å². The van der Waals surface area contributed by atoms with Crippen LogP contribution < -0.4 is 10.1 Å². The zero-order valence-corrected chi connectivity index (χ0v) is 13.2. The normalized spacial score (nSPS) is 11.9. The molecule has 0 bridgehead atoms. The molecule has 5 heteroatoms. The molecule has 0 radical (unpaired) electrons. The summed E-state index contributed by atoms with van der Waals surface area (Å²) in [7, 11) is 4.05. The maximum Gasteiger partial charge on any atom is 0.232 e. The Morgan fingerprint density at radius 3 is 2.63 bits per heavy atom. The van der Waals surface area contributed by atoms with Crippen molar-refractivity contribution < 1.29 is 4.74 Å². The summed E-state index contributed by atoms with van der Waals surface area (Å²) >= 11 is 6.19. The van der Waals surface area contributed by atoms with Crippen LogP contribution in [0.4, 0.5) is 0 Å². The third-order valence-corrected chi connectivity index (χ3v) is 3.49. The number of hydrogen-bond donors (Lipinski definition) is 1. The van der Waals surface area contributed by atoms with E-state index in [2.05, 4.69) is 36.0 Å². The third kappa shape index (κ3) is 4.97.